The molecule has 2 aromatic rings. The van der Waals surface area contributed by atoms with Gasteiger partial charge in [-0.15, -0.1) is 5.10 Å². The maximum atomic E-state index is 13.4. The van der Waals surface area contributed by atoms with Gasteiger partial charge in [-0.1, -0.05) is 6.07 Å². The number of halogens is 1. The number of hydrogen-bond donors (Lipinski definition) is 1. The van der Waals surface area contributed by atoms with Crippen LogP contribution in [0.15, 0.2) is 18.2 Å². The van der Waals surface area contributed by atoms with Gasteiger partial charge >= 0.3 is 0 Å². The Morgan fingerprint density at radius 3 is 3.00 bits per heavy atom. The molecule has 1 N–H and O–H groups in total. The minimum Gasteiger partial charge on any atom is -0.383 e. The lowest BCUT2D eigenvalue weighted by molar-refractivity contribution is 0.196. The van der Waals surface area contributed by atoms with E-state index >= 15 is 0 Å². The van der Waals surface area contributed by atoms with E-state index in [0.717, 1.165) is 5.56 Å². The SMILES string of the molecule is COCCNC(C)c1nnnn1-c1cc(F)ccc1C. The Morgan fingerprint density at radius 1 is 1.45 bits per heavy atom. The summed E-state index contributed by atoms with van der Waals surface area (Å²) in [4.78, 5) is 0. The van der Waals surface area contributed by atoms with Gasteiger partial charge in [0.25, 0.3) is 0 Å². The Bertz CT molecular complexity index is 572. The van der Waals surface area contributed by atoms with Gasteiger partial charge in [-0.05, 0) is 42.0 Å². The molecule has 0 amide bonds. The zero-order valence-electron chi connectivity index (χ0n) is 11.8. The standard InChI is InChI=1S/C13H18FN5O/c1-9-4-5-11(14)8-12(9)19-13(16-17-18-19)10(2)15-6-7-20-3/h4-5,8,10,15H,6-7H2,1-3H3. The zero-order chi connectivity index (χ0) is 14.5. The molecular formula is C13H18FN5O. The summed E-state index contributed by atoms with van der Waals surface area (Å²) >= 11 is 0. The van der Waals surface area contributed by atoms with Crippen LogP contribution < -0.4 is 5.32 Å². The molecule has 0 bridgehead atoms. The first-order valence-corrected chi connectivity index (χ1v) is 6.40. The van der Waals surface area contributed by atoms with Crippen molar-refractivity contribution >= 4 is 0 Å². The molecule has 1 aromatic heterocycles. The predicted octanol–water partition coefficient (Wildman–Crippen LogP) is 1.41. The van der Waals surface area contributed by atoms with Crippen LogP contribution in [0.5, 0.6) is 0 Å². The highest BCUT2D eigenvalue weighted by Gasteiger charge is 2.16. The summed E-state index contributed by atoms with van der Waals surface area (Å²) in [5.74, 6) is 0.321. The number of nitrogens with zero attached hydrogens (tertiary/aromatic N) is 4. The lowest BCUT2D eigenvalue weighted by Gasteiger charge is -2.14. The van der Waals surface area contributed by atoms with E-state index < -0.39 is 0 Å². The Kier molecular flexibility index (Phi) is 4.75. The summed E-state index contributed by atoms with van der Waals surface area (Å²) < 4.78 is 20.0. The van der Waals surface area contributed by atoms with Crippen LogP contribution in [0.25, 0.3) is 5.69 Å². The Balaban J connectivity index is 2.26. The molecule has 0 aliphatic heterocycles. The smallest absolute Gasteiger partial charge is 0.173 e. The molecule has 2 rings (SSSR count). The first-order chi connectivity index (χ1) is 9.63. The van der Waals surface area contributed by atoms with Crippen molar-refractivity contribution < 1.29 is 9.13 Å². The van der Waals surface area contributed by atoms with Gasteiger partial charge in [-0.3, -0.25) is 0 Å². The van der Waals surface area contributed by atoms with Crippen molar-refractivity contribution in [3.8, 4) is 5.69 Å². The van der Waals surface area contributed by atoms with E-state index in [4.69, 9.17) is 4.74 Å². The number of tetrazole rings is 1. The molecule has 1 heterocycles. The lowest BCUT2D eigenvalue weighted by Crippen LogP contribution is -2.25. The van der Waals surface area contributed by atoms with Gasteiger partial charge in [-0.2, -0.15) is 4.68 Å². The molecule has 0 radical (unpaired) electrons. The maximum Gasteiger partial charge on any atom is 0.173 e. The lowest BCUT2D eigenvalue weighted by atomic mass is 10.2. The fraction of sp³-hybridized carbons (Fsp3) is 0.462. The van der Waals surface area contributed by atoms with Crippen molar-refractivity contribution in [1.82, 2.24) is 25.5 Å². The van der Waals surface area contributed by atoms with Gasteiger partial charge in [0.15, 0.2) is 5.82 Å². The minimum absolute atomic E-state index is 0.0668. The van der Waals surface area contributed by atoms with Crippen molar-refractivity contribution in [2.45, 2.75) is 19.9 Å². The molecule has 1 aromatic carbocycles. The third-order valence-corrected chi connectivity index (χ3v) is 3.04. The largest absolute Gasteiger partial charge is 0.383 e. The van der Waals surface area contributed by atoms with E-state index in [0.29, 0.717) is 24.7 Å². The van der Waals surface area contributed by atoms with Crippen molar-refractivity contribution in [2.24, 2.45) is 0 Å². The highest BCUT2D eigenvalue weighted by Crippen LogP contribution is 2.18. The molecule has 108 valence electrons. The summed E-state index contributed by atoms with van der Waals surface area (Å²) in [7, 11) is 1.65. The van der Waals surface area contributed by atoms with E-state index in [2.05, 4.69) is 20.8 Å². The molecule has 0 spiro atoms. The maximum absolute atomic E-state index is 13.4. The van der Waals surface area contributed by atoms with Gasteiger partial charge in [-0.25, -0.2) is 4.39 Å². The average molecular weight is 279 g/mol. The van der Waals surface area contributed by atoms with Crippen molar-refractivity contribution in [3.63, 3.8) is 0 Å². The number of methoxy groups -OCH3 is 1. The van der Waals surface area contributed by atoms with E-state index in [1.165, 1.54) is 12.1 Å². The zero-order valence-corrected chi connectivity index (χ0v) is 11.8. The monoisotopic (exact) mass is 279 g/mol. The molecule has 0 aliphatic carbocycles. The second-order valence-electron chi connectivity index (χ2n) is 4.55. The summed E-state index contributed by atoms with van der Waals surface area (Å²) in [5.41, 5.74) is 1.55. The van der Waals surface area contributed by atoms with Crippen molar-refractivity contribution in [3.05, 3.63) is 35.4 Å². The minimum atomic E-state index is -0.313. The second-order valence-corrected chi connectivity index (χ2v) is 4.55. The summed E-state index contributed by atoms with van der Waals surface area (Å²) in [5, 5.41) is 14.9. The third-order valence-electron chi connectivity index (χ3n) is 3.04. The van der Waals surface area contributed by atoms with E-state index in [-0.39, 0.29) is 11.9 Å². The van der Waals surface area contributed by atoms with Crippen LogP contribution in [-0.2, 0) is 4.74 Å². The molecule has 20 heavy (non-hydrogen) atoms. The summed E-state index contributed by atoms with van der Waals surface area (Å²) in [6, 6.07) is 4.49. The molecule has 1 atom stereocenters. The van der Waals surface area contributed by atoms with Crippen LogP contribution in [0, 0.1) is 12.7 Å². The van der Waals surface area contributed by atoms with Gasteiger partial charge < -0.3 is 10.1 Å². The van der Waals surface area contributed by atoms with Crippen LogP contribution in [0.3, 0.4) is 0 Å². The quantitative estimate of drug-likeness (QED) is 0.810. The molecule has 0 fully saturated rings. The van der Waals surface area contributed by atoms with Gasteiger partial charge in [0, 0.05) is 13.7 Å². The van der Waals surface area contributed by atoms with Crippen LogP contribution in [0.2, 0.25) is 0 Å². The first kappa shape index (κ1) is 14.5. The average Bonchev–Trinajstić information content (AvgIpc) is 2.91. The number of aryl methyl sites for hydroxylation is 1. The number of aromatic nitrogens is 4. The Labute approximate surface area is 116 Å². The number of nitrogens with one attached hydrogen (secondary N) is 1. The molecule has 7 heteroatoms. The molecule has 0 aliphatic rings. The molecule has 6 nitrogen and oxygen atoms in total. The van der Waals surface area contributed by atoms with Crippen molar-refractivity contribution in [1.29, 1.82) is 0 Å². The van der Waals surface area contributed by atoms with Crippen LogP contribution in [0.1, 0.15) is 24.4 Å². The third kappa shape index (κ3) is 3.17. The van der Waals surface area contributed by atoms with Gasteiger partial charge in [0.1, 0.15) is 5.82 Å². The number of rotatable bonds is 6. The topological polar surface area (TPSA) is 64.9 Å². The summed E-state index contributed by atoms with van der Waals surface area (Å²) in [6.45, 7) is 5.13. The van der Waals surface area contributed by atoms with Gasteiger partial charge in [0.05, 0.1) is 18.3 Å². The fourth-order valence-electron chi connectivity index (χ4n) is 1.92. The van der Waals surface area contributed by atoms with Gasteiger partial charge in [0.2, 0.25) is 0 Å². The van der Waals surface area contributed by atoms with E-state index in [9.17, 15) is 4.39 Å². The fourth-order valence-corrected chi connectivity index (χ4v) is 1.92. The van der Waals surface area contributed by atoms with Crippen LogP contribution in [-0.4, -0.2) is 40.5 Å². The van der Waals surface area contributed by atoms with Crippen LogP contribution >= 0.6 is 0 Å². The molecule has 1 unspecified atom stereocenters. The molecular weight excluding hydrogens is 261 g/mol. The number of hydrogen-bond acceptors (Lipinski definition) is 5. The predicted molar refractivity (Wildman–Crippen MR) is 72.1 cm³/mol. The van der Waals surface area contributed by atoms with Crippen LogP contribution in [0.4, 0.5) is 4.39 Å². The normalized spacial score (nSPS) is 12.6. The summed E-state index contributed by atoms with van der Waals surface area (Å²) in [6.07, 6.45) is 0. The molecule has 0 saturated carbocycles. The number of ether oxygens (including phenoxy) is 1. The Hall–Kier alpha value is -1.86. The second kappa shape index (κ2) is 6.53. The van der Waals surface area contributed by atoms with E-state index in [1.54, 1.807) is 17.9 Å². The Morgan fingerprint density at radius 2 is 2.25 bits per heavy atom. The highest BCUT2D eigenvalue weighted by molar-refractivity contribution is 5.40. The first-order valence-electron chi connectivity index (χ1n) is 6.40. The highest BCUT2D eigenvalue weighted by atomic mass is 19.1. The van der Waals surface area contributed by atoms with E-state index in [1.807, 2.05) is 13.8 Å². The molecule has 0 saturated heterocycles. The number of benzene rings is 1. The van der Waals surface area contributed by atoms with Crippen molar-refractivity contribution in [2.75, 3.05) is 20.3 Å².